The van der Waals surface area contributed by atoms with Crippen LogP contribution in [0.2, 0.25) is 0 Å². The van der Waals surface area contributed by atoms with Crippen LogP contribution in [0, 0.1) is 5.92 Å². The van der Waals surface area contributed by atoms with Crippen LogP contribution < -0.4 is 16.0 Å². The molecule has 0 aliphatic carbocycles. The number of ether oxygens (including phenoxy) is 1. The maximum Gasteiger partial charge on any atom is 0.333 e. The highest BCUT2D eigenvalue weighted by Crippen LogP contribution is 2.29. The fraction of sp³-hybridized carbons (Fsp3) is 0.537. The normalized spacial score (nSPS) is 29.0. The fourth-order valence-corrected chi connectivity index (χ4v) is 8.35. The predicted molar refractivity (Wildman–Crippen MR) is 215 cm³/mol. The molecule has 0 spiro atoms. The third-order valence-electron chi connectivity index (χ3n) is 11.4. The van der Waals surface area contributed by atoms with Crippen LogP contribution in [0.15, 0.2) is 48.7 Å². The summed E-state index contributed by atoms with van der Waals surface area (Å²) in [5.74, 6) is -5.68. The highest BCUT2D eigenvalue weighted by molar-refractivity contribution is 7.99. The number of carbonyl (C=O) groups excluding carboxylic acids is 8. The van der Waals surface area contributed by atoms with Crippen LogP contribution in [0.1, 0.15) is 82.4 Å². The number of esters is 1. The third kappa shape index (κ3) is 9.69. The number of fused-ring (bicyclic) bond motifs is 2. The number of thioether (sulfide) groups is 1. The average Bonchev–Trinajstić information content (AvgIpc) is 3.72. The number of pyridine rings is 1. The van der Waals surface area contributed by atoms with E-state index in [0.717, 1.165) is 5.75 Å². The summed E-state index contributed by atoms with van der Waals surface area (Å²) in [6, 6.07) is 4.00. The van der Waals surface area contributed by atoms with Gasteiger partial charge in [0.1, 0.15) is 47.3 Å². The Morgan fingerprint density at radius 1 is 0.983 bits per heavy atom. The number of nitrogens with one attached hydrogen (secondary N) is 3. The van der Waals surface area contributed by atoms with Gasteiger partial charge in [-0.25, -0.2) is 9.78 Å². The Hall–Kier alpha value is -5.52. The first-order chi connectivity index (χ1) is 28.0. The number of likely N-dealkylation sites (N-methyl/N-ethyl adjacent to an activating group) is 1. The van der Waals surface area contributed by atoms with Crippen LogP contribution in [0.25, 0.3) is 0 Å². The lowest BCUT2D eigenvalue weighted by molar-refractivity contribution is -0.157. The molecule has 0 bridgehead atoms. The molecule has 1 aromatic carbocycles. The molecule has 8 atom stereocenters. The summed E-state index contributed by atoms with van der Waals surface area (Å²) in [7, 11) is 1.44. The van der Waals surface area contributed by atoms with Crippen LogP contribution in [0.4, 0.5) is 0 Å². The van der Waals surface area contributed by atoms with Gasteiger partial charge >= 0.3 is 5.97 Å². The summed E-state index contributed by atoms with van der Waals surface area (Å²) in [4.78, 5) is 121. The number of hydrogen-bond acceptors (Lipinski definition) is 12. The van der Waals surface area contributed by atoms with Crippen molar-refractivity contribution in [2.75, 3.05) is 31.6 Å². The standard InChI is InChI=1S/C41H53N7O10S/c1-7-41(5)40(57)47-19-13-16-27(47)38(55)46(6)23(3)37(54)48-21-26(22-59-8-2)30(50)20-28(48)34(51)44-32(25-14-10-9-11-15-25)39(56)58-24(4)31(36(53)45-41)43-35(52)33-29(49)17-12-18-42-33/h9-12,14-15,17-18,23-24,26-28,31-32,49H,7-8,13,16,19-22H2,1-6H3,(H,43,52)(H,44,51)(H,45,53)/t23-,24+,26?,27-,28-,31-,32-,41-/m0/s1. The number of Topliss-reactive ketones (excluding diaryl/α,β-unsaturated/α-hetero) is 1. The molecule has 6 amide bonds. The molecule has 0 radical (unpaired) electrons. The first-order valence-electron chi connectivity index (χ1n) is 19.8. The second-order valence-corrected chi connectivity index (χ2v) is 16.6. The van der Waals surface area contributed by atoms with Gasteiger partial charge in [0, 0.05) is 44.4 Å². The minimum atomic E-state index is -1.69. The Kier molecular flexibility index (Phi) is 14.4. The van der Waals surface area contributed by atoms with Crippen molar-refractivity contribution in [2.45, 2.75) is 102 Å². The van der Waals surface area contributed by atoms with E-state index < -0.39 is 101 Å². The number of aromatic hydroxyl groups is 1. The van der Waals surface area contributed by atoms with Gasteiger partial charge in [-0.05, 0) is 63.5 Å². The van der Waals surface area contributed by atoms with Crippen molar-refractivity contribution in [3.8, 4) is 5.75 Å². The van der Waals surface area contributed by atoms with Crippen LogP contribution in [0.3, 0.4) is 0 Å². The van der Waals surface area contributed by atoms with E-state index in [2.05, 4.69) is 20.9 Å². The molecule has 3 aliphatic heterocycles. The van der Waals surface area contributed by atoms with Crippen LogP contribution in [-0.2, 0) is 38.3 Å². The number of piperidine rings is 1. The molecule has 3 aliphatic rings. The van der Waals surface area contributed by atoms with Crippen molar-refractivity contribution in [1.29, 1.82) is 0 Å². The number of benzene rings is 1. The van der Waals surface area contributed by atoms with Gasteiger partial charge in [-0.2, -0.15) is 11.8 Å². The number of cyclic esters (lactones) is 1. The van der Waals surface area contributed by atoms with Crippen molar-refractivity contribution in [2.24, 2.45) is 5.92 Å². The summed E-state index contributed by atoms with van der Waals surface area (Å²) in [6.07, 6.45) is 0.225. The summed E-state index contributed by atoms with van der Waals surface area (Å²) in [5.41, 5.74) is -1.79. The zero-order valence-electron chi connectivity index (χ0n) is 34.1. The van der Waals surface area contributed by atoms with E-state index in [1.807, 2.05) is 6.92 Å². The van der Waals surface area contributed by atoms with E-state index in [-0.39, 0.29) is 43.7 Å². The highest BCUT2D eigenvalue weighted by atomic mass is 32.2. The molecule has 0 saturated carbocycles. The smallest absolute Gasteiger partial charge is 0.333 e. The second kappa shape index (κ2) is 19.0. The number of aromatic nitrogens is 1. The van der Waals surface area contributed by atoms with Gasteiger partial charge in [0.15, 0.2) is 11.7 Å². The van der Waals surface area contributed by atoms with Gasteiger partial charge < -0.3 is 40.5 Å². The maximum atomic E-state index is 14.5. The molecule has 318 valence electrons. The number of nitrogens with zero attached hydrogens (tertiary/aromatic N) is 4. The van der Waals surface area contributed by atoms with E-state index in [1.54, 1.807) is 37.3 Å². The Bertz CT molecular complexity index is 1950. The molecule has 3 saturated heterocycles. The first kappa shape index (κ1) is 44.6. The topological polar surface area (TPSA) is 225 Å². The average molecular weight is 836 g/mol. The lowest BCUT2D eigenvalue weighted by Crippen LogP contribution is -2.64. The van der Waals surface area contributed by atoms with Crippen LogP contribution >= 0.6 is 11.8 Å². The van der Waals surface area contributed by atoms with Gasteiger partial charge in [-0.1, -0.05) is 44.2 Å². The fourth-order valence-electron chi connectivity index (χ4n) is 7.53. The summed E-state index contributed by atoms with van der Waals surface area (Å²) in [5, 5.41) is 18.3. The minimum Gasteiger partial charge on any atom is -0.505 e. The molecule has 1 aromatic heterocycles. The number of carbonyl (C=O) groups is 8. The lowest BCUT2D eigenvalue weighted by atomic mass is 9.91. The predicted octanol–water partition coefficient (Wildman–Crippen LogP) is 1.35. The van der Waals surface area contributed by atoms with Gasteiger partial charge in [0.05, 0.1) is 0 Å². The number of hydrogen-bond donors (Lipinski definition) is 4. The third-order valence-corrected chi connectivity index (χ3v) is 12.5. The molecular formula is C41H53N7O10S. The van der Waals surface area contributed by atoms with Crippen molar-refractivity contribution in [1.82, 2.24) is 35.6 Å². The Balaban J connectivity index is 1.61. The molecule has 59 heavy (non-hydrogen) atoms. The quantitative estimate of drug-likeness (QED) is 0.290. The molecule has 4 N–H and O–H groups in total. The van der Waals surface area contributed by atoms with E-state index in [9.17, 15) is 43.5 Å². The molecule has 2 aromatic rings. The van der Waals surface area contributed by atoms with Gasteiger partial charge in [-0.3, -0.25) is 33.6 Å². The van der Waals surface area contributed by atoms with Crippen molar-refractivity contribution < 1.29 is 48.2 Å². The Morgan fingerprint density at radius 2 is 1.69 bits per heavy atom. The zero-order chi connectivity index (χ0) is 43.2. The molecule has 17 nitrogen and oxygen atoms in total. The van der Waals surface area contributed by atoms with E-state index >= 15 is 0 Å². The van der Waals surface area contributed by atoms with E-state index in [4.69, 9.17) is 4.74 Å². The molecular weight excluding hydrogens is 783 g/mol. The summed E-state index contributed by atoms with van der Waals surface area (Å²) < 4.78 is 5.86. The second-order valence-electron chi connectivity index (χ2n) is 15.3. The first-order valence-corrected chi connectivity index (χ1v) is 21.0. The monoisotopic (exact) mass is 835 g/mol. The maximum absolute atomic E-state index is 14.5. The molecule has 1 unspecified atom stereocenters. The largest absolute Gasteiger partial charge is 0.505 e. The Labute approximate surface area is 347 Å². The molecule has 5 rings (SSSR count). The van der Waals surface area contributed by atoms with Crippen molar-refractivity contribution in [3.05, 3.63) is 59.9 Å². The van der Waals surface area contributed by atoms with Crippen molar-refractivity contribution in [3.63, 3.8) is 0 Å². The summed E-state index contributed by atoms with van der Waals surface area (Å²) >= 11 is 1.52. The van der Waals surface area contributed by atoms with Crippen LogP contribution in [-0.4, -0.2) is 139 Å². The SMILES string of the molecule is CCSCC1CN2C(=O)[C@H](C)N(C)C(=O)[C@@H]3CCCN3C(=O)[C@](C)(CC)NC(=O)[C@@H](NC(=O)c3ncccc3O)[C@@H](C)OC(=O)[C@H](c3ccccc3)NC(=O)[C@@H]2CC1=O. The van der Waals surface area contributed by atoms with Crippen LogP contribution in [0.5, 0.6) is 5.75 Å². The Morgan fingerprint density at radius 3 is 2.36 bits per heavy atom. The van der Waals surface area contributed by atoms with Crippen molar-refractivity contribution >= 4 is 59.0 Å². The van der Waals surface area contributed by atoms with E-state index in [0.29, 0.717) is 12.2 Å². The van der Waals surface area contributed by atoms with Gasteiger partial charge in [0.2, 0.25) is 29.5 Å². The van der Waals surface area contributed by atoms with Gasteiger partial charge in [-0.15, -0.1) is 0 Å². The number of ketones is 1. The zero-order valence-corrected chi connectivity index (χ0v) is 35.0. The summed E-state index contributed by atoms with van der Waals surface area (Å²) in [6.45, 7) is 8.02. The lowest BCUT2D eigenvalue weighted by Gasteiger charge is -2.41. The van der Waals surface area contributed by atoms with E-state index in [1.165, 1.54) is 72.6 Å². The van der Waals surface area contributed by atoms with Gasteiger partial charge in [0.25, 0.3) is 5.91 Å². The molecule has 18 heteroatoms. The number of rotatable bonds is 7. The minimum absolute atomic E-state index is 0.0459. The molecule has 3 fully saturated rings. The highest BCUT2D eigenvalue weighted by Gasteiger charge is 2.48. The molecule has 4 heterocycles. The number of amides is 6.